The Morgan fingerprint density at radius 1 is 1.17 bits per heavy atom. The van der Waals surface area contributed by atoms with Gasteiger partial charge in [0.15, 0.2) is 0 Å². The summed E-state index contributed by atoms with van der Waals surface area (Å²) >= 11 is 0. The van der Waals surface area contributed by atoms with E-state index in [9.17, 15) is 0 Å². The fraction of sp³-hybridized carbons (Fsp3) is 0.632. The van der Waals surface area contributed by atoms with E-state index in [0.717, 1.165) is 18.6 Å². The van der Waals surface area contributed by atoms with Crippen molar-refractivity contribution in [1.29, 1.82) is 0 Å². The van der Waals surface area contributed by atoms with Gasteiger partial charge in [-0.15, -0.1) is 0 Å². The minimum absolute atomic E-state index is 0.0313. The summed E-state index contributed by atoms with van der Waals surface area (Å²) in [4.78, 5) is 4.30. The maximum absolute atomic E-state index is 5.81. The molecule has 2 rings (SSSR count). The zero-order chi connectivity index (χ0) is 17.4. The molecule has 0 spiro atoms. The molecule has 1 fully saturated rings. The summed E-state index contributed by atoms with van der Waals surface area (Å²) in [5.74, 6) is 6.73. The van der Waals surface area contributed by atoms with Crippen molar-refractivity contribution in [2.75, 3.05) is 20.3 Å². The molecule has 1 aromatic heterocycles. The number of rotatable bonds is 8. The van der Waals surface area contributed by atoms with E-state index in [1.54, 1.807) is 13.3 Å². The highest BCUT2D eigenvalue weighted by atomic mass is 16.5. The van der Waals surface area contributed by atoms with Gasteiger partial charge in [0, 0.05) is 20.0 Å². The maximum Gasteiger partial charge on any atom is 0.138 e. The van der Waals surface area contributed by atoms with Crippen molar-refractivity contribution in [2.45, 2.75) is 58.0 Å². The Hall–Kier alpha value is -1.61. The summed E-state index contributed by atoms with van der Waals surface area (Å²) in [5.41, 5.74) is 0.709. The molecule has 0 aromatic carbocycles. The summed E-state index contributed by atoms with van der Waals surface area (Å²) < 4.78 is 22.1. The van der Waals surface area contributed by atoms with Crippen LogP contribution in [0.2, 0.25) is 0 Å². The first-order valence-corrected chi connectivity index (χ1v) is 8.44. The van der Waals surface area contributed by atoms with Crippen molar-refractivity contribution in [1.82, 2.24) is 4.98 Å². The van der Waals surface area contributed by atoms with E-state index in [-0.39, 0.29) is 18.3 Å². The van der Waals surface area contributed by atoms with Gasteiger partial charge in [0.25, 0.3) is 0 Å². The van der Waals surface area contributed by atoms with Crippen LogP contribution in [0.5, 0.6) is 5.75 Å². The molecule has 0 radical (unpaired) electrons. The summed E-state index contributed by atoms with van der Waals surface area (Å²) in [6.45, 7) is 6.93. The molecule has 1 atom stereocenters. The molecule has 0 bridgehead atoms. The number of ether oxygens (including phenoxy) is 4. The molecule has 1 saturated carbocycles. The topological polar surface area (TPSA) is 49.8 Å². The van der Waals surface area contributed by atoms with E-state index in [1.807, 2.05) is 32.9 Å². The second-order valence-corrected chi connectivity index (χ2v) is 6.25. The molecule has 132 valence electrons. The second kappa shape index (κ2) is 9.63. The fourth-order valence-electron chi connectivity index (χ4n) is 2.21. The minimum Gasteiger partial charge on any atom is -0.489 e. The van der Waals surface area contributed by atoms with Crippen molar-refractivity contribution < 1.29 is 18.9 Å². The molecule has 0 N–H and O–H groups in total. The standard InChI is InChI=1S/C19H27NO4/c1-14(2)23-13-15(3)22-9-5-6-16-7-8-17(12-20-16)24-19-10-18(11-19)21-4/h7-8,12,14-15,18-19H,9-11,13H2,1-4H3. The number of hydrogen-bond acceptors (Lipinski definition) is 5. The van der Waals surface area contributed by atoms with E-state index in [2.05, 4.69) is 16.8 Å². The molecule has 1 aliphatic carbocycles. The smallest absolute Gasteiger partial charge is 0.138 e. The molecule has 1 heterocycles. The summed E-state index contributed by atoms with van der Waals surface area (Å²) in [6, 6.07) is 3.76. The normalized spacial score (nSPS) is 20.9. The molecule has 0 amide bonds. The maximum atomic E-state index is 5.81. The molecular formula is C19H27NO4. The van der Waals surface area contributed by atoms with Crippen LogP contribution in [-0.2, 0) is 14.2 Å². The number of nitrogens with zero attached hydrogens (tertiary/aromatic N) is 1. The van der Waals surface area contributed by atoms with Crippen LogP contribution >= 0.6 is 0 Å². The Labute approximate surface area is 144 Å². The lowest BCUT2D eigenvalue weighted by Gasteiger charge is -2.33. The summed E-state index contributed by atoms with van der Waals surface area (Å²) in [6.07, 6.45) is 4.40. The van der Waals surface area contributed by atoms with E-state index >= 15 is 0 Å². The first-order valence-electron chi connectivity index (χ1n) is 8.44. The van der Waals surface area contributed by atoms with Crippen molar-refractivity contribution in [2.24, 2.45) is 0 Å². The lowest BCUT2D eigenvalue weighted by Crippen LogP contribution is -2.38. The highest BCUT2D eigenvalue weighted by Gasteiger charge is 2.30. The van der Waals surface area contributed by atoms with Gasteiger partial charge in [-0.1, -0.05) is 5.92 Å². The Bertz CT molecular complexity index is 541. The van der Waals surface area contributed by atoms with Gasteiger partial charge < -0.3 is 18.9 Å². The SMILES string of the molecule is COC1CC(Oc2ccc(C#CCOC(C)COC(C)C)nc2)C1. The monoisotopic (exact) mass is 333 g/mol. The average molecular weight is 333 g/mol. The van der Waals surface area contributed by atoms with E-state index in [0.29, 0.717) is 25.0 Å². The van der Waals surface area contributed by atoms with Crippen LogP contribution in [0.15, 0.2) is 18.3 Å². The zero-order valence-corrected chi connectivity index (χ0v) is 15.0. The van der Waals surface area contributed by atoms with Crippen LogP contribution in [0.3, 0.4) is 0 Å². The lowest BCUT2D eigenvalue weighted by atomic mass is 9.92. The van der Waals surface area contributed by atoms with Crippen LogP contribution in [0, 0.1) is 11.8 Å². The lowest BCUT2D eigenvalue weighted by molar-refractivity contribution is -0.0382. The van der Waals surface area contributed by atoms with Crippen LogP contribution in [0.4, 0.5) is 0 Å². The largest absolute Gasteiger partial charge is 0.489 e. The van der Waals surface area contributed by atoms with Gasteiger partial charge in [0.05, 0.1) is 31.1 Å². The van der Waals surface area contributed by atoms with Gasteiger partial charge in [0.1, 0.15) is 24.2 Å². The number of methoxy groups -OCH3 is 1. The molecule has 5 heteroatoms. The highest BCUT2D eigenvalue weighted by molar-refractivity contribution is 5.31. The number of pyridine rings is 1. The Morgan fingerprint density at radius 2 is 1.96 bits per heavy atom. The third-order valence-corrected chi connectivity index (χ3v) is 3.74. The molecule has 24 heavy (non-hydrogen) atoms. The highest BCUT2D eigenvalue weighted by Crippen LogP contribution is 2.27. The molecule has 1 aromatic rings. The van der Waals surface area contributed by atoms with Gasteiger partial charge in [0.2, 0.25) is 0 Å². The zero-order valence-electron chi connectivity index (χ0n) is 15.0. The predicted molar refractivity (Wildman–Crippen MR) is 92.1 cm³/mol. The first kappa shape index (κ1) is 18.7. The van der Waals surface area contributed by atoms with Crippen LogP contribution in [0.1, 0.15) is 39.3 Å². The third-order valence-electron chi connectivity index (χ3n) is 3.74. The molecule has 5 nitrogen and oxygen atoms in total. The van der Waals surface area contributed by atoms with Crippen molar-refractivity contribution >= 4 is 0 Å². The minimum atomic E-state index is 0.0313. The van der Waals surface area contributed by atoms with Crippen molar-refractivity contribution in [3.05, 3.63) is 24.0 Å². The number of aromatic nitrogens is 1. The molecule has 0 aliphatic heterocycles. The van der Waals surface area contributed by atoms with E-state index < -0.39 is 0 Å². The van der Waals surface area contributed by atoms with Crippen LogP contribution < -0.4 is 4.74 Å². The summed E-state index contributed by atoms with van der Waals surface area (Å²) in [7, 11) is 1.73. The molecule has 1 unspecified atom stereocenters. The molecular weight excluding hydrogens is 306 g/mol. The van der Waals surface area contributed by atoms with Gasteiger partial charge in [-0.05, 0) is 38.8 Å². The Balaban J connectivity index is 1.68. The fourth-order valence-corrected chi connectivity index (χ4v) is 2.21. The Morgan fingerprint density at radius 3 is 2.58 bits per heavy atom. The van der Waals surface area contributed by atoms with Gasteiger partial charge in [-0.3, -0.25) is 0 Å². The first-order chi connectivity index (χ1) is 11.6. The Kier molecular flexibility index (Phi) is 7.51. The van der Waals surface area contributed by atoms with E-state index in [4.69, 9.17) is 18.9 Å². The second-order valence-electron chi connectivity index (χ2n) is 6.25. The third kappa shape index (κ3) is 6.48. The van der Waals surface area contributed by atoms with Gasteiger partial charge >= 0.3 is 0 Å². The predicted octanol–water partition coefficient (Wildman–Crippen LogP) is 2.82. The van der Waals surface area contributed by atoms with Crippen LogP contribution in [0.25, 0.3) is 0 Å². The van der Waals surface area contributed by atoms with Gasteiger partial charge in [-0.2, -0.15) is 0 Å². The molecule has 1 aliphatic rings. The van der Waals surface area contributed by atoms with Crippen molar-refractivity contribution in [3.8, 4) is 17.6 Å². The average Bonchev–Trinajstić information content (AvgIpc) is 2.53. The van der Waals surface area contributed by atoms with Crippen LogP contribution in [-0.4, -0.2) is 49.7 Å². The molecule has 0 saturated heterocycles. The van der Waals surface area contributed by atoms with Crippen molar-refractivity contribution in [3.63, 3.8) is 0 Å². The van der Waals surface area contributed by atoms with E-state index in [1.165, 1.54) is 0 Å². The van der Waals surface area contributed by atoms with Gasteiger partial charge in [-0.25, -0.2) is 4.98 Å². The number of hydrogen-bond donors (Lipinski definition) is 0. The summed E-state index contributed by atoms with van der Waals surface area (Å²) in [5, 5.41) is 0. The quantitative estimate of drug-likeness (QED) is 0.685.